The molecule has 1 amide bonds. The summed E-state index contributed by atoms with van der Waals surface area (Å²) < 4.78 is 16.7. The van der Waals surface area contributed by atoms with Crippen LogP contribution in [0.15, 0.2) is 70.9 Å². The van der Waals surface area contributed by atoms with Crippen LogP contribution in [-0.4, -0.2) is 44.1 Å². The number of benzene rings is 2. The van der Waals surface area contributed by atoms with Crippen molar-refractivity contribution in [1.29, 1.82) is 0 Å². The average molecular weight is 446 g/mol. The van der Waals surface area contributed by atoms with Gasteiger partial charge in [0.15, 0.2) is 0 Å². The molecule has 0 spiro atoms. The summed E-state index contributed by atoms with van der Waals surface area (Å²) in [5.74, 6) is -0.405. The Hall–Kier alpha value is -4.20. The van der Waals surface area contributed by atoms with Crippen molar-refractivity contribution in [3.05, 3.63) is 77.8 Å². The third kappa shape index (κ3) is 3.31. The van der Waals surface area contributed by atoms with Crippen LogP contribution in [0.5, 0.6) is 11.5 Å². The number of amides is 1. The van der Waals surface area contributed by atoms with E-state index in [-0.39, 0.29) is 11.3 Å². The first-order valence-electron chi connectivity index (χ1n) is 10.5. The van der Waals surface area contributed by atoms with Gasteiger partial charge in [-0.15, -0.1) is 0 Å². The van der Waals surface area contributed by atoms with Crippen LogP contribution >= 0.6 is 0 Å². The number of likely N-dealkylation sites (N-methyl/N-ethyl adjacent to an activating group) is 1. The van der Waals surface area contributed by atoms with Gasteiger partial charge >= 0.3 is 0 Å². The minimum atomic E-state index is -0.957. The Kier molecular flexibility index (Phi) is 5.05. The van der Waals surface area contributed by atoms with Crippen molar-refractivity contribution in [2.24, 2.45) is 0 Å². The standard InChI is InChI=1S/C25H22N2O6/c1-26-11-13-33-19-10-9-15(14-17(19)26)23(28)21-22(20-8-5-12-32-20)27(25(30)24(21)29)16-6-3-4-7-18(16)31-2/h3-10,12,14,22,28H,11,13H2,1-2H3/b23-21-. The number of anilines is 2. The molecule has 0 bridgehead atoms. The van der Waals surface area contributed by atoms with E-state index in [0.29, 0.717) is 41.7 Å². The van der Waals surface area contributed by atoms with Gasteiger partial charge in [0.1, 0.15) is 35.7 Å². The van der Waals surface area contributed by atoms with Gasteiger partial charge in [0.05, 0.1) is 36.9 Å². The van der Waals surface area contributed by atoms with Crippen LogP contribution in [-0.2, 0) is 9.59 Å². The molecule has 0 radical (unpaired) electrons. The quantitative estimate of drug-likeness (QED) is 0.371. The molecular formula is C25H22N2O6. The number of ether oxygens (including phenoxy) is 2. The normalized spacial score (nSPS) is 19.4. The van der Waals surface area contributed by atoms with Gasteiger partial charge in [0.2, 0.25) is 0 Å². The Balaban J connectivity index is 1.69. The molecule has 1 aromatic heterocycles. The number of methoxy groups -OCH3 is 1. The third-order valence-corrected chi connectivity index (χ3v) is 5.93. The van der Waals surface area contributed by atoms with Gasteiger partial charge in [-0.05, 0) is 42.5 Å². The highest BCUT2D eigenvalue weighted by atomic mass is 16.5. The molecule has 0 saturated carbocycles. The summed E-state index contributed by atoms with van der Waals surface area (Å²) in [4.78, 5) is 29.8. The minimum absolute atomic E-state index is 0.0554. The number of furan rings is 1. The number of para-hydroxylation sites is 2. The van der Waals surface area contributed by atoms with E-state index in [1.165, 1.54) is 18.3 Å². The number of aliphatic hydroxyl groups excluding tert-OH is 1. The van der Waals surface area contributed by atoms with Crippen LogP contribution in [0.3, 0.4) is 0 Å². The van der Waals surface area contributed by atoms with E-state index in [1.54, 1.807) is 54.6 Å². The molecule has 2 aliphatic heterocycles. The van der Waals surface area contributed by atoms with E-state index in [1.807, 2.05) is 11.9 Å². The molecular weight excluding hydrogens is 424 g/mol. The number of carbonyl (C=O) groups excluding carboxylic acids is 2. The molecule has 1 unspecified atom stereocenters. The van der Waals surface area contributed by atoms with E-state index in [0.717, 1.165) is 5.69 Å². The lowest BCUT2D eigenvalue weighted by molar-refractivity contribution is -0.132. The zero-order valence-electron chi connectivity index (χ0n) is 18.1. The fraction of sp³-hybridized carbons (Fsp3) is 0.200. The van der Waals surface area contributed by atoms with Crippen molar-refractivity contribution in [1.82, 2.24) is 0 Å². The number of aliphatic hydroxyl groups is 1. The Labute approximate surface area is 190 Å². The molecule has 1 atom stereocenters. The van der Waals surface area contributed by atoms with Gasteiger partial charge in [0, 0.05) is 12.6 Å². The second-order valence-corrected chi connectivity index (χ2v) is 7.81. The van der Waals surface area contributed by atoms with Crippen molar-refractivity contribution in [3.8, 4) is 11.5 Å². The second-order valence-electron chi connectivity index (χ2n) is 7.81. The van der Waals surface area contributed by atoms with Crippen LogP contribution in [0, 0.1) is 0 Å². The lowest BCUT2D eigenvalue weighted by Gasteiger charge is -2.28. The van der Waals surface area contributed by atoms with Gasteiger partial charge < -0.3 is 23.9 Å². The maximum absolute atomic E-state index is 13.2. The summed E-state index contributed by atoms with van der Waals surface area (Å²) in [7, 11) is 3.41. The van der Waals surface area contributed by atoms with Crippen molar-refractivity contribution < 1.29 is 28.6 Å². The maximum Gasteiger partial charge on any atom is 0.300 e. The number of fused-ring (bicyclic) bond motifs is 1. The van der Waals surface area contributed by atoms with Crippen LogP contribution in [0.4, 0.5) is 11.4 Å². The van der Waals surface area contributed by atoms with Crippen molar-refractivity contribution in [2.75, 3.05) is 37.1 Å². The highest BCUT2D eigenvalue weighted by Gasteiger charge is 2.49. The highest BCUT2D eigenvalue weighted by molar-refractivity contribution is 6.51. The zero-order chi connectivity index (χ0) is 23.1. The number of ketones is 1. The van der Waals surface area contributed by atoms with Gasteiger partial charge in [-0.1, -0.05) is 12.1 Å². The smallest absolute Gasteiger partial charge is 0.300 e. The lowest BCUT2D eigenvalue weighted by atomic mass is 9.98. The Morgan fingerprint density at radius 1 is 1.09 bits per heavy atom. The number of hydrogen-bond donors (Lipinski definition) is 1. The van der Waals surface area contributed by atoms with E-state index in [2.05, 4.69) is 0 Å². The zero-order valence-corrected chi connectivity index (χ0v) is 18.1. The van der Waals surface area contributed by atoms with E-state index in [9.17, 15) is 14.7 Å². The summed E-state index contributed by atoms with van der Waals surface area (Å²) in [6.07, 6.45) is 1.46. The first kappa shape index (κ1) is 20.7. The Morgan fingerprint density at radius 3 is 2.67 bits per heavy atom. The molecule has 3 heterocycles. The molecule has 1 fully saturated rings. The van der Waals surface area contributed by atoms with Crippen molar-refractivity contribution >= 4 is 28.8 Å². The molecule has 33 heavy (non-hydrogen) atoms. The molecule has 5 rings (SSSR count). The Morgan fingerprint density at radius 2 is 1.91 bits per heavy atom. The number of Topliss-reactive ketones (excluding diaryl/α,β-unsaturated/α-hetero) is 1. The topological polar surface area (TPSA) is 92.5 Å². The molecule has 168 valence electrons. The molecule has 1 saturated heterocycles. The summed E-state index contributed by atoms with van der Waals surface area (Å²) in [6, 6.07) is 14.5. The molecule has 1 N–H and O–H groups in total. The molecule has 2 aliphatic rings. The Bertz CT molecular complexity index is 1260. The summed E-state index contributed by atoms with van der Waals surface area (Å²) in [5, 5.41) is 11.3. The molecule has 0 aliphatic carbocycles. The third-order valence-electron chi connectivity index (χ3n) is 5.93. The van der Waals surface area contributed by atoms with Crippen LogP contribution in [0.1, 0.15) is 17.4 Å². The molecule has 8 nitrogen and oxygen atoms in total. The molecule has 3 aromatic rings. The maximum atomic E-state index is 13.2. The summed E-state index contributed by atoms with van der Waals surface area (Å²) >= 11 is 0. The fourth-order valence-corrected chi connectivity index (χ4v) is 4.28. The number of rotatable bonds is 4. The van der Waals surface area contributed by atoms with Gasteiger partial charge in [0.25, 0.3) is 11.7 Å². The summed E-state index contributed by atoms with van der Waals surface area (Å²) in [6.45, 7) is 1.26. The predicted octanol–water partition coefficient (Wildman–Crippen LogP) is 3.74. The van der Waals surface area contributed by atoms with E-state index >= 15 is 0 Å². The number of carbonyl (C=O) groups is 2. The first-order valence-corrected chi connectivity index (χ1v) is 10.5. The first-order chi connectivity index (χ1) is 16.0. The van der Waals surface area contributed by atoms with Crippen molar-refractivity contribution in [2.45, 2.75) is 6.04 Å². The van der Waals surface area contributed by atoms with Crippen molar-refractivity contribution in [3.63, 3.8) is 0 Å². The monoisotopic (exact) mass is 446 g/mol. The second kappa shape index (κ2) is 8.05. The van der Waals surface area contributed by atoms with Crippen LogP contribution in [0.25, 0.3) is 5.76 Å². The summed E-state index contributed by atoms with van der Waals surface area (Å²) in [5.41, 5.74) is 1.54. The highest BCUT2D eigenvalue weighted by Crippen LogP contribution is 2.45. The van der Waals surface area contributed by atoms with Gasteiger partial charge in [-0.2, -0.15) is 0 Å². The molecule has 2 aromatic carbocycles. The van der Waals surface area contributed by atoms with Crippen LogP contribution < -0.4 is 19.3 Å². The minimum Gasteiger partial charge on any atom is -0.507 e. The number of hydrogen-bond acceptors (Lipinski definition) is 7. The van der Waals surface area contributed by atoms with E-state index in [4.69, 9.17) is 13.9 Å². The predicted molar refractivity (Wildman–Crippen MR) is 122 cm³/mol. The van der Waals surface area contributed by atoms with E-state index < -0.39 is 17.7 Å². The van der Waals surface area contributed by atoms with Gasteiger partial charge in [-0.25, -0.2) is 0 Å². The number of nitrogens with zero attached hydrogens (tertiary/aromatic N) is 2. The molecule has 8 heteroatoms. The lowest BCUT2D eigenvalue weighted by Crippen LogP contribution is -2.29. The van der Waals surface area contributed by atoms with Crippen LogP contribution in [0.2, 0.25) is 0 Å². The average Bonchev–Trinajstić information content (AvgIpc) is 3.45. The SMILES string of the molecule is COc1ccccc1N1C(=O)C(=O)/C(=C(\O)c2ccc3c(c2)N(C)CCO3)C1c1ccco1. The fourth-order valence-electron chi connectivity index (χ4n) is 4.28. The largest absolute Gasteiger partial charge is 0.507 e. The van der Waals surface area contributed by atoms with Gasteiger partial charge in [-0.3, -0.25) is 14.5 Å².